The van der Waals surface area contributed by atoms with Crippen molar-refractivity contribution in [3.8, 4) is 11.5 Å². The van der Waals surface area contributed by atoms with Crippen LogP contribution in [0.4, 0.5) is 0 Å². The molecule has 2 aromatic rings. The Labute approximate surface area is 205 Å². The van der Waals surface area contributed by atoms with E-state index in [-0.39, 0.29) is 5.91 Å². The lowest BCUT2D eigenvalue weighted by molar-refractivity contribution is -0.122. The van der Waals surface area contributed by atoms with E-state index in [1.165, 1.54) is 11.8 Å². The van der Waals surface area contributed by atoms with Gasteiger partial charge < -0.3 is 9.47 Å². The lowest BCUT2D eigenvalue weighted by Gasteiger charge is -2.14. The van der Waals surface area contributed by atoms with E-state index in [1.54, 1.807) is 7.11 Å². The predicted octanol–water partition coefficient (Wildman–Crippen LogP) is 6.80. The number of carbonyl (C=O) groups excluding carboxylic acids is 1. The fourth-order valence-corrected chi connectivity index (χ4v) is 4.51. The average Bonchev–Trinajstić information content (AvgIpc) is 3.11. The number of unbranched alkanes of at least 4 members (excludes halogenated alkanes) is 2. The predicted molar refractivity (Wildman–Crippen MR) is 138 cm³/mol. The highest BCUT2D eigenvalue weighted by molar-refractivity contribution is 8.18. The van der Waals surface area contributed by atoms with Gasteiger partial charge in [-0.1, -0.05) is 62.6 Å². The second-order valence-electron chi connectivity index (χ2n) is 7.73. The number of hydrogen-bond acceptors (Lipinski definition) is 5. The Morgan fingerprint density at radius 3 is 2.61 bits per heavy atom. The number of aliphatic imine (C=N–C) groups is 1. The minimum atomic E-state index is 0.0155. The van der Waals surface area contributed by atoms with Crippen LogP contribution in [0.15, 0.2) is 52.4 Å². The summed E-state index contributed by atoms with van der Waals surface area (Å²) in [5.41, 5.74) is 1.78. The number of nitrogens with zero attached hydrogens (tertiary/aromatic N) is 2. The Morgan fingerprint density at radius 2 is 1.88 bits per heavy atom. The molecule has 1 fully saturated rings. The number of carbonyl (C=O) groups is 1. The van der Waals surface area contributed by atoms with Gasteiger partial charge in [-0.15, -0.1) is 0 Å². The van der Waals surface area contributed by atoms with Crippen molar-refractivity contribution < 1.29 is 14.3 Å². The fraction of sp³-hybridized carbons (Fsp3) is 0.385. The van der Waals surface area contributed by atoms with Crippen molar-refractivity contribution in [2.75, 3.05) is 20.2 Å². The Morgan fingerprint density at radius 1 is 1.09 bits per heavy atom. The number of benzene rings is 2. The van der Waals surface area contributed by atoms with E-state index < -0.39 is 0 Å². The van der Waals surface area contributed by atoms with E-state index in [2.05, 4.69) is 18.8 Å². The van der Waals surface area contributed by atoms with Crippen LogP contribution >= 0.6 is 23.4 Å². The van der Waals surface area contributed by atoms with Crippen LogP contribution in [-0.2, 0) is 11.4 Å². The molecule has 1 saturated heterocycles. The number of ether oxygens (including phenoxy) is 2. The lowest BCUT2D eigenvalue weighted by atomic mass is 10.1. The zero-order valence-corrected chi connectivity index (χ0v) is 21.0. The maximum atomic E-state index is 13.1. The van der Waals surface area contributed by atoms with Gasteiger partial charge in [0.1, 0.15) is 6.61 Å². The van der Waals surface area contributed by atoms with Gasteiger partial charge in [-0.3, -0.25) is 14.7 Å². The molecule has 0 unspecified atom stereocenters. The quantitative estimate of drug-likeness (QED) is 0.259. The first-order chi connectivity index (χ1) is 16.1. The number of rotatable bonds is 11. The number of amides is 1. The van der Waals surface area contributed by atoms with Gasteiger partial charge in [0.15, 0.2) is 16.7 Å². The Hall–Kier alpha value is -2.44. The van der Waals surface area contributed by atoms with Crippen LogP contribution in [-0.4, -0.2) is 36.2 Å². The van der Waals surface area contributed by atoms with Crippen molar-refractivity contribution in [1.82, 2.24) is 4.90 Å². The molecule has 2 aromatic carbocycles. The van der Waals surface area contributed by atoms with E-state index in [4.69, 9.17) is 21.1 Å². The summed E-state index contributed by atoms with van der Waals surface area (Å²) in [6, 6.07) is 13.3. The molecule has 0 N–H and O–H groups in total. The first-order valence-electron chi connectivity index (χ1n) is 11.4. The lowest BCUT2D eigenvalue weighted by Crippen LogP contribution is -2.30. The second-order valence-corrected chi connectivity index (χ2v) is 9.15. The number of methoxy groups -OCH3 is 1. The van der Waals surface area contributed by atoms with Crippen LogP contribution in [0.5, 0.6) is 11.5 Å². The third-order valence-corrected chi connectivity index (χ3v) is 6.62. The molecule has 1 aliphatic rings. The van der Waals surface area contributed by atoms with E-state index in [1.807, 2.05) is 53.4 Å². The molecule has 0 radical (unpaired) electrons. The first kappa shape index (κ1) is 25.2. The molecule has 3 rings (SSSR count). The molecule has 0 bridgehead atoms. The summed E-state index contributed by atoms with van der Waals surface area (Å²) in [5.74, 6) is 1.24. The van der Waals surface area contributed by atoms with E-state index >= 15 is 0 Å². The van der Waals surface area contributed by atoms with Crippen molar-refractivity contribution in [1.29, 1.82) is 0 Å². The van der Waals surface area contributed by atoms with Crippen LogP contribution in [0.25, 0.3) is 6.08 Å². The second kappa shape index (κ2) is 12.7. The van der Waals surface area contributed by atoms with Gasteiger partial charge in [-0.2, -0.15) is 0 Å². The topological polar surface area (TPSA) is 51.1 Å². The molecule has 5 nitrogen and oxygen atoms in total. The molecule has 0 saturated carbocycles. The van der Waals surface area contributed by atoms with Crippen LogP contribution in [0, 0.1) is 0 Å². The Kier molecular flexibility index (Phi) is 9.70. The van der Waals surface area contributed by atoms with Crippen molar-refractivity contribution in [3.05, 3.63) is 63.5 Å². The summed E-state index contributed by atoms with van der Waals surface area (Å²) in [6.45, 7) is 6.05. The van der Waals surface area contributed by atoms with Crippen molar-refractivity contribution >= 4 is 40.5 Å². The summed E-state index contributed by atoms with van der Waals surface area (Å²) in [4.78, 5) is 20.2. The molecule has 7 heteroatoms. The zero-order valence-electron chi connectivity index (χ0n) is 19.5. The summed E-state index contributed by atoms with van der Waals surface area (Å²) in [6.07, 6.45) is 5.98. The fourth-order valence-electron chi connectivity index (χ4n) is 3.29. The van der Waals surface area contributed by atoms with Crippen LogP contribution in [0.3, 0.4) is 0 Å². The highest BCUT2D eigenvalue weighted by Crippen LogP contribution is 2.35. The monoisotopic (exact) mass is 486 g/mol. The van der Waals surface area contributed by atoms with Gasteiger partial charge in [-0.25, -0.2) is 0 Å². The number of halogens is 1. The summed E-state index contributed by atoms with van der Waals surface area (Å²) in [7, 11) is 1.61. The number of amidine groups is 1. The van der Waals surface area contributed by atoms with Gasteiger partial charge in [0, 0.05) is 23.7 Å². The average molecular weight is 487 g/mol. The molecular formula is C26H31ClN2O3S. The normalized spacial score (nSPS) is 16.1. The summed E-state index contributed by atoms with van der Waals surface area (Å²) in [5, 5.41) is 1.47. The molecule has 0 aromatic heterocycles. The maximum absolute atomic E-state index is 13.1. The third-order valence-electron chi connectivity index (χ3n) is 5.21. The largest absolute Gasteiger partial charge is 0.493 e. The Bertz CT molecular complexity index is 1020. The minimum Gasteiger partial charge on any atom is -0.493 e. The Balaban J connectivity index is 1.78. The van der Waals surface area contributed by atoms with Gasteiger partial charge >= 0.3 is 0 Å². The van der Waals surface area contributed by atoms with Crippen molar-refractivity contribution in [2.45, 2.75) is 46.1 Å². The smallest absolute Gasteiger partial charge is 0.266 e. The summed E-state index contributed by atoms with van der Waals surface area (Å²) >= 11 is 7.68. The SMILES string of the molecule is CCCCN=C1SC(=Cc2ccc(OCc3ccccc3Cl)c(OC)c2)C(=O)N1CCCC. The zero-order chi connectivity index (χ0) is 23.6. The minimum absolute atomic E-state index is 0.0155. The summed E-state index contributed by atoms with van der Waals surface area (Å²) < 4.78 is 11.5. The van der Waals surface area contributed by atoms with Gasteiger partial charge in [-0.05, 0) is 54.4 Å². The molecule has 176 valence electrons. The first-order valence-corrected chi connectivity index (χ1v) is 12.6. The molecule has 0 spiro atoms. The van der Waals surface area contributed by atoms with Crippen LogP contribution in [0.1, 0.15) is 50.7 Å². The maximum Gasteiger partial charge on any atom is 0.266 e. The van der Waals surface area contributed by atoms with E-state index in [0.717, 1.165) is 48.5 Å². The van der Waals surface area contributed by atoms with E-state index in [9.17, 15) is 4.79 Å². The molecule has 1 aliphatic heterocycles. The highest BCUT2D eigenvalue weighted by atomic mass is 35.5. The molecule has 0 atom stereocenters. The standard InChI is InChI=1S/C26H31ClN2O3S/c1-4-6-14-28-26-29(15-7-5-2)25(30)24(33-26)17-19-12-13-22(23(16-19)31-3)32-18-20-10-8-9-11-21(20)27/h8-13,16-17H,4-7,14-15,18H2,1-3H3. The molecule has 0 aliphatic carbocycles. The van der Waals surface area contributed by atoms with E-state index in [0.29, 0.717) is 34.6 Å². The van der Waals surface area contributed by atoms with Crippen molar-refractivity contribution in [3.63, 3.8) is 0 Å². The third kappa shape index (κ3) is 6.78. The van der Waals surface area contributed by atoms with Gasteiger partial charge in [0.05, 0.1) is 12.0 Å². The van der Waals surface area contributed by atoms with Gasteiger partial charge in [0.25, 0.3) is 5.91 Å². The van der Waals surface area contributed by atoms with Crippen LogP contribution < -0.4 is 9.47 Å². The number of hydrogen-bond donors (Lipinski definition) is 0. The van der Waals surface area contributed by atoms with Crippen molar-refractivity contribution in [2.24, 2.45) is 4.99 Å². The molecule has 33 heavy (non-hydrogen) atoms. The van der Waals surface area contributed by atoms with Crippen LogP contribution in [0.2, 0.25) is 5.02 Å². The number of thioether (sulfide) groups is 1. The molecule has 1 amide bonds. The van der Waals surface area contributed by atoms with Gasteiger partial charge in [0.2, 0.25) is 0 Å². The molecular weight excluding hydrogens is 456 g/mol. The highest BCUT2D eigenvalue weighted by Gasteiger charge is 2.32. The molecule has 1 heterocycles.